The van der Waals surface area contributed by atoms with Crippen molar-refractivity contribution in [1.82, 2.24) is 29.7 Å². The van der Waals surface area contributed by atoms with Crippen molar-refractivity contribution in [3.05, 3.63) is 77.6 Å². The van der Waals surface area contributed by atoms with Crippen molar-refractivity contribution in [2.45, 2.75) is 50.4 Å². The number of carbonyl (C=O) groups is 1. The fourth-order valence-electron chi connectivity index (χ4n) is 8.03. The second-order valence-corrected chi connectivity index (χ2v) is 14.6. The molecule has 2 aromatic carbocycles. The van der Waals surface area contributed by atoms with Crippen LogP contribution in [0.3, 0.4) is 0 Å². The minimum atomic E-state index is -0.405. The number of hydrogen-bond donors (Lipinski definition) is 0. The molecular weight excluding hydrogens is 670 g/mol. The van der Waals surface area contributed by atoms with Crippen molar-refractivity contribution in [1.29, 1.82) is 5.26 Å². The van der Waals surface area contributed by atoms with Crippen LogP contribution >= 0.6 is 0 Å². The Hall–Kier alpha value is -5.19. The second kappa shape index (κ2) is 15.0. The van der Waals surface area contributed by atoms with E-state index in [1.165, 1.54) is 0 Å². The first-order chi connectivity index (χ1) is 25.9. The number of anilines is 2. The molecule has 0 unspecified atom stereocenters. The molecular formula is C40H47N9O4. The summed E-state index contributed by atoms with van der Waals surface area (Å²) in [6.45, 7) is 7.65. The maximum atomic E-state index is 13.3. The highest BCUT2D eigenvalue weighted by molar-refractivity contribution is 5.94. The maximum absolute atomic E-state index is 13.3. The number of benzene rings is 2. The number of methoxy groups -OCH3 is 1. The molecule has 0 radical (unpaired) electrons. The van der Waals surface area contributed by atoms with Crippen molar-refractivity contribution < 1.29 is 19.0 Å². The molecule has 276 valence electrons. The summed E-state index contributed by atoms with van der Waals surface area (Å²) in [4.78, 5) is 39.5. The van der Waals surface area contributed by atoms with Crippen molar-refractivity contribution in [3.63, 3.8) is 0 Å². The van der Waals surface area contributed by atoms with Crippen LogP contribution in [-0.2, 0) is 24.3 Å². The lowest BCUT2D eigenvalue weighted by atomic mass is 10.0. The number of pyridine rings is 1. The number of para-hydroxylation sites is 1. The van der Waals surface area contributed by atoms with E-state index in [0.29, 0.717) is 38.8 Å². The summed E-state index contributed by atoms with van der Waals surface area (Å²) >= 11 is 0. The normalized spacial score (nSPS) is 20.1. The molecule has 4 aromatic rings. The second-order valence-electron chi connectivity index (χ2n) is 14.6. The molecule has 3 fully saturated rings. The summed E-state index contributed by atoms with van der Waals surface area (Å²) < 4.78 is 17.9. The number of piperazine rings is 2. The summed E-state index contributed by atoms with van der Waals surface area (Å²) in [7, 11) is 3.86. The maximum Gasteiger partial charge on any atom is 0.410 e. The molecule has 1 amide bonds. The monoisotopic (exact) mass is 717 g/mol. The molecule has 2 saturated heterocycles. The minimum absolute atomic E-state index is 0.0318. The van der Waals surface area contributed by atoms with Crippen LogP contribution in [0.1, 0.15) is 36.1 Å². The van der Waals surface area contributed by atoms with Crippen LogP contribution in [0.25, 0.3) is 10.9 Å². The van der Waals surface area contributed by atoms with Crippen LogP contribution in [-0.4, -0.2) is 120 Å². The predicted octanol–water partition coefficient (Wildman–Crippen LogP) is 4.50. The highest BCUT2D eigenvalue weighted by Crippen LogP contribution is 2.43. The number of nitrogens with zero attached hydrogens (tertiary/aromatic N) is 9. The molecule has 0 spiro atoms. The number of rotatable bonds is 10. The number of likely N-dealkylation sites (N-methyl/N-ethyl adjacent to an activating group) is 1. The smallest absolute Gasteiger partial charge is 0.410 e. The lowest BCUT2D eigenvalue weighted by Gasteiger charge is -2.42. The van der Waals surface area contributed by atoms with Gasteiger partial charge < -0.3 is 33.8 Å². The summed E-state index contributed by atoms with van der Waals surface area (Å²) in [5.74, 6) is 1.62. The standard InChI is InChI=1S/C40H47N9O4/c1-45-19-22-48(23-20-45)40(14-15-40)28-53-38-43-33-26-46(34-10-6-9-32-35(51-2)12-17-42-36(32)34)18-13-31(33)37(44-38)47-21-24-49(30(25-47)11-16-41)39(50)52-27-29-7-4-3-5-8-29/h3-10,12,17,30H,11,13-15,18-28H2,1-2H3/t30-/m0/s1. The Labute approximate surface area is 310 Å². The number of ether oxygens (including phenoxy) is 3. The number of carbonyl (C=O) groups excluding carboxylic acids is 1. The van der Waals surface area contributed by atoms with Gasteiger partial charge in [-0.15, -0.1) is 0 Å². The molecule has 1 aliphatic carbocycles. The number of hydrogen-bond acceptors (Lipinski definition) is 12. The van der Waals surface area contributed by atoms with Crippen LogP contribution in [0, 0.1) is 11.3 Å². The zero-order valence-electron chi connectivity index (χ0n) is 30.6. The van der Waals surface area contributed by atoms with Crippen molar-refractivity contribution in [2.75, 3.05) is 82.9 Å². The van der Waals surface area contributed by atoms with Crippen LogP contribution < -0.4 is 19.3 Å². The first-order valence-electron chi connectivity index (χ1n) is 18.7. The third kappa shape index (κ3) is 7.26. The summed E-state index contributed by atoms with van der Waals surface area (Å²) in [6, 6.07) is 20.0. The number of amides is 1. The van der Waals surface area contributed by atoms with Crippen LogP contribution in [0.15, 0.2) is 60.8 Å². The van der Waals surface area contributed by atoms with Gasteiger partial charge in [-0.2, -0.15) is 15.2 Å². The zero-order chi connectivity index (χ0) is 36.4. The molecule has 8 rings (SSSR count). The molecule has 0 N–H and O–H groups in total. The van der Waals surface area contributed by atoms with Gasteiger partial charge in [0.1, 0.15) is 24.8 Å². The average molecular weight is 718 g/mol. The summed E-state index contributed by atoms with van der Waals surface area (Å²) in [5.41, 5.74) is 4.86. The van der Waals surface area contributed by atoms with E-state index in [2.05, 4.69) is 38.8 Å². The van der Waals surface area contributed by atoms with Gasteiger partial charge in [0, 0.05) is 69.5 Å². The average Bonchev–Trinajstić information content (AvgIpc) is 4.00. The van der Waals surface area contributed by atoms with Crippen LogP contribution in [0.4, 0.5) is 16.3 Å². The van der Waals surface area contributed by atoms with Gasteiger partial charge in [0.2, 0.25) is 0 Å². The van der Waals surface area contributed by atoms with Gasteiger partial charge in [-0.05, 0) is 50.1 Å². The Morgan fingerprint density at radius 3 is 2.57 bits per heavy atom. The topological polar surface area (TPSA) is 123 Å². The van der Waals surface area contributed by atoms with Gasteiger partial charge in [-0.1, -0.05) is 36.4 Å². The van der Waals surface area contributed by atoms with Gasteiger partial charge in [0.05, 0.1) is 54.6 Å². The molecule has 1 saturated carbocycles. The highest BCUT2D eigenvalue weighted by atomic mass is 16.6. The molecule has 53 heavy (non-hydrogen) atoms. The Bertz CT molecular complexity index is 1980. The summed E-state index contributed by atoms with van der Waals surface area (Å²) in [6.07, 6.45) is 4.51. The van der Waals surface area contributed by atoms with E-state index in [-0.39, 0.29) is 24.6 Å². The first kappa shape index (κ1) is 34.9. The molecule has 13 heteroatoms. The van der Waals surface area contributed by atoms with E-state index >= 15 is 0 Å². The fourth-order valence-corrected chi connectivity index (χ4v) is 8.03. The highest BCUT2D eigenvalue weighted by Gasteiger charge is 2.49. The quantitative estimate of drug-likeness (QED) is 0.230. The number of fused-ring (bicyclic) bond motifs is 2. The molecule has 4 aliphatic rings. The van der Waals surface area contributed by atoms with Gasteiger partial charge in [-0.3, -0.25) is 9.88 Å². The zero-order valence-corrected chi connectivity index (χ0v) is 30.6. The SMILES string of the molecule is COc1ccnc2c(N3CCc4c(nc(OCC5(N6CCN(C)CC6)CC5)nc4N4CCN(C(=O)OCc5ccccc5)[C@@H](CC#N)C4)C3)cccc12. The van der Waals surface area contributed by atoms with Crippen molar-refractivity contribution in [2.24, 2.45) is 0 Å². The van der Waals surface area contributed by atoms with Crippen LogP contribution in [0.5, 0.6) is 11.8 Å². The molecule has 13 nitrogen and oxygen atoms in total. The minimum Gasteiger partial charge on any atom is -0.496 e. The van der Waals surface area contributed by atoms with Gasteiger partial charge in [0.15, 0.2) is 0 Å². The van der Waals surface area contributed by atoms with E-state index in [1.807, 2.05) is 48.5 Å². The predicted molar refractivity (Wildman–Crippen MR) is 201 cm³/mol. The fraction of sp³-hybridized carbons (Fsp3) is 0.475. The van der Waals surface area contributed by atoms with Gasteiger partial charge >= 0.3 is 12.1 Å². The van der Waals surface area contributed by atoms with E-state index in [9.17, 15) is 10.1 Å². The Kier molecular flexibility index (Phi) is 9.90. The van der Waals surface area contributed by atoms with E-state index in [0.717, 1.165) is 97.0 Å². The Morgan fingerprint density at radius 2 is 1.79 bits per heavy atom. The Balaban J connectivity index is 1.07. The number of aromatic nitrogens is 3. The molecule has 0 bridgehead atoms. The lowest BCUT2D eigenvalue weighted by Crippen LogP contribution is -2.56. The van der Waals surface area contributed by atoms with Crippen molar-refractivity contribution in [3.8, 4) is 17.8 Å². The molecule has 5 heterocycles. The largest absolute Gasteiger partial charge is 0.496 e. The van der Waals surface area contributed by atoms with Crippen LogP contribution in [0.2, 0.25) is 0 Å². The lowest BCUT2D eigenvalue weighted by molar-refractivity contribution is 0.0649. The van der Waals surface area contributed by atoms with Crippen molar-refractivity contribution >= 4 is 28.5 Å². The molecule has 3 aliphatic heterocycles. The van der Waals surface area contributed by atoms with E-state index in [4.69, 9.17) is 29.2 Å². The summed E-state index contributed by atoms with van der Waals surface area (Å²) in [5, 5.41) is 10.8. The van der Waals surface area contributed by atoms with E-state index in [1.54, 1.807) is 18.2 Å². The molecule has 2 aromatic heterocycles. The third-order valence-corrected chi connectivity index (χ3v) is 11.3. The molecule has 1 atom stereocenters. The third-order valence-electron chi connectivity index (χ3n) is 11.3. The van der Waals surface area contributed by atoms with Gasteiger partial charge in [-0.25, -0.2) is 4.79 Å². The number of nitriles is 1. The van der Waals surface area contributed by atoms with E-state index < -0.39 is 6.09 Å². The Morgan fingerprint density at radius 1 is 0.962 bits per heavy atom. The first-order valence-corrected chi connectivity index (χ1v) is 18.7. The van der Waals surface area contributed by atoms with Gasteiger partial charge in [0.25, 0.3) is 0 Å².